The van der Waals surface area contributed by atoms with Crippen molar-refractivity contribution in [3.63, 3.8) is 0 Å². The molecule has 134 valence electrons. The Bertz CT molecular complexity index is 888. The summed E-state index contributed by atoms with van der Waals surface area (Å²) in [7, 11) is 4.99. The molecule has 0 bridgehead atoms. The molecular weight excluding hydrogens is 320 g/mol. The van der Waals surface area contributed by atoms with Crippen LogP contribution in [0.3, 0.4) is 0 Å². The van der Waals surface area contributed by atoms with Crippen molar-refractivity contribution in [3.05, 3.63) is 42.6 Å². The number of hydrogen-bond donors (Lipinski definition) is 2. The second kappa shape index (κ2) is 7.08. The van der Waals surface area contributed by atoms with Gasteiger partial charge in [-0.25, -0.2) is 9.97 Å². The van der Waals surface area contributed by atoms with Crippen molar-refractivity contribution in [2.45, 2.75) is 6.92 Å². The second-order valence-electron chi connectivity index (χ2n) is 5.29. The summed E-state index contributed by atoms with van der Waals surface area (Å²) in [5, 5.41) is 6.14. The number of imidazole rings is 1. The molecule has 8 nitrogen and oxygen atoms in total. The molecule has 0 aliphatic heterocycles. The van der Waals surface area contributed by atoms with Crippen LogP contribution >= 0.6 is 0 Å². The summed E-state index contributed by atoms with van der Waals surface area (Å²) in [6.07, 6.45) is 5.31. The molecule has 0 amide bonds. The first-order valence-electron chi connectivity index (χ1n) is 7.69. The van der Waals surface area contributed by atoms with E-state index in [2.05, 4.69) is 25.6 Å². The lowest BCUT2D eigenvalue weighted by Crippen LogP contribution is -2.03. The Balaban J connectivity index is 0.00000182. The van der Waals surface area contributed by atoms with E-state index < -0.39 is 0 Å². The zero-order valence-corrected chi connectivity index (χ0v) is 14.6. The maximum atomic E-state index is 5.51. The first-order valence-corrected chi connectivity index (χ1v) is 7.69. The first-order chi connectivity index (χ1) is 12.1. The normalized spacial score (nSPS) is 10.4. The number of benzene rings is 1. The number of aromatic nitrogens is 4. The highest BCUT2D eigenvalue weighted by molar-refractivity contribution is 5.63. The molecule has 3 rings (SSSR count). The standard InChI is InChI=1S/C17H20N6O2.2H2/c1-11-9-23(10-20-11)13-6-5-12(7-14(13)24-3)21-17-19-8-15(25-4)16(18-2)22-17;;/h5-10H,1-4H3,(H2,18,19,21,22);2*1H. The number of rotatable bonds is 6. The molecule has 0 fully saturated rings. The number of hydrogen-bond acceptors (Lipinski definition) is 7. The Hall–Kier alpha value is -3.29. The molecule has 0 saturated carbocycles. The average Bonchev–Trinajstić information content (AvgIpc) is 3.07. The summed E-state index contributed by atoms with van der Waals surface area (Å²) in [5.41, 5.74) is 2.65. The van der Waals surface area contributed by atoms with Gasteiger partial charge in [0.05, 0.1) is 38.1 Å². The summed E-state index contributed by atoms with van der Waals surface area (Å²) in [6.45, 7) is 1.94. The summed E-state index contributed by atoms with van der Waals surface area (Å²) in [5.74, 6) is 2.36. The van der Waals surface area contributed by atoms with E-state index in [-0.39, 0.29) is 2.85 Å². The van der Waals surface area contributed by atoms with Crippen molar-refractivity contribution in [2.75, 3.05) is 31.9 Å². The number of aryl methyl sites for hydroxylation is 1. The molecule has 1 aromatic carbocycles. The van der Waals surface area contributed by atoms with E-state index in [1.54, 1.807) is 33.8 Å². The number of ether oxygens (including phenoxy) is 2. The van der Waals surface area contributed by atoms with Crippen LogP contribution in [-0.2, 0) is 0 Å². The molecule has 8 heteroatoms. The van der Waals surface area contributed by atoms with E-state index >= 15 is 0 Å². The molecule has 0 spiro atoms. The Labute approximate surface area is 148 Å². The monoisotopic (exact) mass is 344 g/mol. The Morgan fingerprint density at radius 1 is 1.12 bits per heavy atom. The van der Waals surface area contributed by atoms with Crippen molar-refractivity contribution in [1.82, 2.24) is 19.5 Å². The molecular formula is C17H24N6O2. The van der Waals surface area contributed by atoms with Crippen molar-refractivity contribution in [1.29, 1.82) is 0 Å². The third-order valence-corrected chi connectivity index (χ3v) is 3.64. The van der Waals surface area contributed by atoms with Crippen LogP contribution in [0.4, 0.5) is 17.5 Å². The van der Waals surface area contributed by atoms with Gasteiger partial charge in [-0.15, -0.1) is 0 Å². The van der Waals surface area contributed by atoms with Gasteiger partial charge in [0.25, 0.3) is 0 Å². The minimum Gasteiger partial charge on any atom is -0.494 e. The number of methoxy groups -OCH3 is 2. The minimum atomic E-state index is 0. The highest BCUT2D eigenvalue weighted by Crippen LogP contribution is 2.29. The Kier molecular flexibility index (Phi) is 4.69. The van der Waals surface area contributed by atoms with Crippen LogP contribution in [0.1, 0.15) is 8.55 Å². The first kappa shape index (κ1) is 16.6. The lowest BCUT2D eigenvalue weighted by atomic mass is 10.2. The van der Waals surface area contributed by atoms with Gasteiger partial charge in [-0.2, -0.15) is 4.98 Å². The second-order valence-corrected chi connectivity index (χ2v) is 5.29. The smallest absolute Gasteiger partial charge is 0.229 e. The summed E-state index contributed by atoms with van der Waals surface area (Å²) in [6, 6.07) is 5.77. The van der Waals surface area contributed by atoms with Crippen molar-refractivity contribution in [2.24, 2.45) is 0 Å². The van der Waals surface area contributed by atoms with E-state index in [1.807, 2.05) is 35.9 Å². The average molecular weight is 344 g/mol. The predicted octanol–water partition coefficient (Wildman–Crippen LogP) is 3.27. The van der Waals surface area contributed by atoms with Gasteiger partial charge in [0.2, 0.25) is 5.95 Å². The van der Waals surface area contributed by atoms with Gasteiger partial charge in [-0.05, 0) is 19.1 Å². The van der Waals surface area contributed by atoms with Crippen molar-refractivity contribution >= 4 is 17.5 Å². The summed E-state index contributed by atoms with van der Waals surface area (Å²) in [4.78, 5) is 12.9. The fourth-order valence-electron chi connectivity index (χ4n) is 2.41. The third kappa shape index (κ3) is 3.47. The molecule has 0 radical (unpaired) electrons. The summed E-state index contributed by atoms with van der Waals surface area (Å²) >= 11 is 0. The molecule has 0 saturated heterocycles. The Morgan fingerprint density at radius 2 is 1.92 bits per heavy atom. The largest absolute Gasteiger partial charge is 0.494 e. The number of nitrogens with one attached hydrogen (secondary N) is 2. The number of nitrogens with zero attached hydrogens (tertiary/aromatic N) is 4. The van der Waals surface area contributed by atoms with Gasteiger partial charge < -0.3 is 24.7 Å². The fourth-order valence-corrected chi connectivity index (χ4v) is 2.41. The lowest BCUT2D eigenvalue weighted by molar-refractivity contribution is 0.413. The van der Waals surface area contributed by atoms with Crippen LogP contribution in [0.25, 0.3) is 5.69 Å². The zero-order chi connectivity index (χ0) is 17.8. The SMILES string of the molecule is CNc1nc(Nc2ccc(-n3cnc(C)c3)c(OC)c2)ncc1OC.[HH].[HH]. The number of anilines is 3. The van der Waals surface area contributed by atoms with Gasteiger partial charge in [0, 0.05) is 27.9 Å². The molecule has 2 heterocycles. The molecule has 0 atom stereocenters. The molecule has 2 N–H and O–H groups in total. The van der Waals surface area contributed by atoms with E-state index in [4.69, 9.17) is 9.47 Å². The molecule has 25 heavy (non-hydrogen) atoms. The van der Waals surface area contributed by atoms with Gasteiger partial charge in [0.1, 0.15) is 5.75 Å². The maximum Gasteiger partial charge on any atom is 0.229 e. The Morgan fingerprint density at radius 3 is 2.56 bits per heavy atom. The van der Waals surface area contributed by atoms with Gasteiger partial charge in [-0.1, -0.05) is 0 Å². The third-order valence-electron chi connectivity index (χ3n) is 3.64. The van der Waals surface area contributed by atoms with E-state index in [0.29, 0.717) is 23.3 Å². The van der Waals surface area contributed by atoms with E-state index in [1.165, 1.54) is 0 Å². The van der Waals surface area contributed by atoms with Crippen LogP contribution in [-0.4, -0.2) is 40.8 Å². The van der Waals surface area contributed by atoms with Gasteiger partial charge in [0.15, 0.2) is 11.6 Å². The van der Waals surface area contributed by atoms with Crippen LogP contribution in [0.15, 0.2) is 36.9 Å². The predicted molar refractivity (Wildman–Crippen MR) is 100 cm³/mol. The highest BCUT2D eigenvalue weighted by Gasteiger charge is 2.10. The highest BCUT2D eigenvalue weighted by atomic mass is 16.5. The quantitative estimate of drug-likeness (QED) is 0.710. The topological polar surface area (TPSA) is 86.1 Å². The molecule has 0 aliphatic rings. The molecule has 2 aromatic heterocycles. The van der Waals surface area contributed by atoms with Crippen molar-refractivity contribution < 1.29 is 12.3 Å². The van der Waals surface area contributed by atoms with Gasteiger partial charge >= 0.3 is 0 Å². The van der Waals surface area contributed by atoms with E-state index in [9.17, 15) is 0 Å². The summed E-state index contributed by atoms with van der Waals surface area (Å²) < 4.78 is 12.6. The molecule has 3 aromatic rings. The van der Waals surface area contributed by atoms with Crippen LogP contribution in [0.2, 0.25) is 0 Å². The van der Waals surface area contributed by atoms with Crippen LogP contribution in [0, 0.1) is 6.92 Å². The molecule has 0 aliphatic carbocycles. The fraction of sp³-hybridized carbons (Fsp3) is 0.235. The van der Waals surface area contributed by atoms with Gasteiger partial charge in [-0.3, -0.25) is 0 Å². The maximum absolute atomic E-state index is 5.51. The minimum absolute atomic E-state index is 0. The van der Waals surface area contributed by atoms with Crippen LogP contribution in [0.5, 0.6) is 11.5 Å². The molecule has 0 unspecified atom stereocenters. The zero-order valence-electron chi connectivity index (χ0n) is 14.6. The lowest BCUT2D eigenvalue weighted by Gasteiger charge is -2.13. The van der Waals surface area contributed by atoms with Crippen molar-refractivity contribution in [3.8, 4) is 17.2 Å². The van der Waals surface area contributed by atoms with E-state index in [0.717, 1.165) is 17.1 Å². The van der Waals surface area contributed by atoms with Crippen LogP contribution < -0.4 is 20.1 Å².